The number of carbonyl (C=O) groups excluding carboxylic acids is 1. The maximum absolute atomic E-state index is 12.3. The summed E-state index contributed by atoms with van der Waals surface area (Å²) in [6, 6.07) is 3.54. The van der Waals surface area contributed by atoms with E-state index < -0.39 is 0 Å². The maximum Gasteiger partial charge on any atom is 0.188 e. The van der Waals surface area contributed by atoms with Crippen molar-refractivity contribution in [3.05, 3.63) is 39.6 Å². The third-order valence-corrected chi connectivity index (χ3v) is 4.07. The van der Waals surface area contributed by atoms with Gasteiger partial charge in [0, 0.05) is 28.9 Å². The largest absolute Gasteiger partial charge is 0.485 e. The van der Waals surface area contributed by atoms with Crippen LogP contribution in [0.4, 0.5) is 0 Å². The van der Waals surface area contributed by atoms with E-state index in [9.17, 15) is 4.79 Å². The van der Waals surface area contributed by atoms with Crippen molar-refractivity contribution in [2.75, 3.05) is 13.2 Å². The Balaban J connectivity index is 1.75. The van der Waals surface area contributed by atoms with Gasteiger partial charge in [0.2, 0.25) is 0 Å². The van der Waals surface area contributed by atoms with Crippen LogP contribution in [0.5, 0.6) is 5.75 Å². The molecule has 2 aromatic rings. The molecule has 3 heterocycles. The minimum Gasteiger partial charge on any atom is -0.485 e. The van der Waals surface area contributed by atoms with Crippen molar-refractivity contribution < 1.29 is 14.3 Å². The van der Waals surface area contributed by atoms with Gasteiger partial charge in [0.15, 0.2) is 5.78 Å². The molecule has 2 aromatic heterocycles. The molecule has 5 nitrogen and oxygen atoms in total. The number of aryl methyl sites for hydroxylation is 2. The molecule has 0 radical (unpaired) electrons. The number of Topliss-reactive ketones (excluding diaryl/α,β-unsaturated/α-hetero) is 1. The predicted octanol–water partition coefficient (Wildman–Crippen LogP) is 2.36. The van der Waals surface area contributed by atoms with E-state index in [1.54, 1.807) is 6.07 Å². The highest BCUT2D eigenvalue weighted by molar-refractivity contribution is 7.09. The van der Waals surface area contributed by atoms with Gasteiger partial charge >= 0.3 is 0 Å². The number of aromatic nitrogens is 2. The van der Waals surface area contributed by atoms with Gasteiger partial charge in [-0.1, -0.05) is 0 Å². The van der Waals surface area contributed by atoms with Gasteiger partial charge in [0.25, 0.3) is 0 Å². The molecular weight excluding hydrogens is 288 g/mol. The van der Waals surface area contributed by atoms with Crippen LogP contribution in [-0.2, 0) is 11.2 Å². The SMILES string of the molecule is Cc1cc(OC2COC2)cc(C(=O)Cc2nc(C)cs2)n1. The van der Waals surface area contributed by atoms with E-state index in [0.29, 0.717) is 24.7 Å². The molecule has 0 atom stereocenters. The summed E-state index contributed by atoms with van der Waals surface area (Å²) in [4.78, 5) is 20.9. The second-order valence-corrected chi connectivity index (χ2v) is 6.03. The summed E-state index contributed by atoms with van der Waals surface area (Å²) < 4.78 is 10.8. The molecule has 0 aliphatic carbocycles. The molecule has 3 rings (SSSR count). The zero-order valence-corrected chi connectivity index (χ0v) is 12.8. The number of nitrogens with zero attached hydrogens (tertiary/aromatic N) is 2. The summed E-state index contributed by atoms with van der Waals surface area (Å²) >= 11 is 1.50. The average molecular weight is 304 g/mol. The first-order valence-electron chi connectivity index (χ1n) is 6.77. The molecule has 0 bridgehead atoms. The van der Waals surface area contributed by atoms with Crippen molar-refractivity contribution in [3.63, 3.8) is 0 Å². The Bertz CT molecular complexity index is 665. The molecule has 6 heteroatoms. The lowest BCUT2D eigenvalue weighted by Crippen LogP contribution is -2.38. The fraction of sp³-hybridized carbons (Fsp3) is 0.400. The molecule has 110 valence electrons. The smallest absolute Gasteiger partial charge is 0.188 e. The zero-order chi connectivity index (χ0) is 14.8. The topological polar surface area (TPSA) is 61.3 Å². The van der Waals surface area contributed by atoms with Crippen molar-refractivity contribution in [2.45, 2.75) is 26.4 Å². The lowest BCUT2D eigenvalue weighted by atomic mass is 10.2. The molecule has 1 aliphatic rings. The standard InChI is InChI=1S/C15H16N2O3S/c1-9-3-11(20-12-6-19-7-12)4-13(16-9)14(18)5-15-17-10(2)8-21-15/h3-4,8,12H,5-7H2,1-2H3. The summed E-state index contributed by atoms with van der Waals surface area (Å²) in [7, 11) is 0. The molecule has 0 N–H and O–H groups in total. The van der Waals surface area contributed by atoms with E-state index in [-0.39, 0.29) is 18.3 Å². The Morgan fingerprint density at radius 1 is 1.33 bits per heavy atom. The monoisotopic (exact) mass is 304 g/mol. The molecule has 0 amide bonds. The number of hydrogen-bond acceptors (Lipinski definition) is 6. The molecular formula is C15H16N2O3S. The van der Waals surface area contributed by atoms with Gasteiger partial charge in [-0.3, -0.25) is 4.79 Å². The Hall–Kier alpha value is -1.79. The quantitative estimate of drug-likeness (QED) is 0.794. The first-order chi connectivity index (χ1) is 10.1. The zero-order valence-electron chi connectivity index (χ0n) is 12.0. The van der Waals surface area contributed by atoms with Crippen LogP contribution < -0.4 is 4.74 Å². The predicted molar refractivity (Wildman–Crippen MR) is 79.1 cm³/mol. The fourth-order valence-electron chi connectivity index (χ4n) is 2.03. The summed E-state index contributed by atoms with van der Waals surface area (Å²) in [5.41, 5.74) is 2.14. The van der Waals surface area contributed by atoms with E-state index in [4.69, 9.17) is 9.47 Å². The van der Waals surface area contributed by atoms with Gasteiger partial charge in [-0.05, 0) is 13.8 Å². The number of rotatable bonds is 5. The van der Waals surface area contributed by atoms with Crippen LogP contribution in [0, 0.1) is 13.8 Å². The molecule has 1 aliphatic heterocycles. The second-order valence-electron chi connectivity index (χ2n) is 5.09. The van der Waals surface area contributed by atoms with Crippen LogP contribution in [0.2, 0.25) is 0 Å². The average Bonchev–Trinajstić information content (AvgIpc) is 2.79. The van der Waals surface area contributed by atoms with Crippen LogP contribution in [-0.4, -0.2) is 35.1 Å². The van der Waals surface area contributed by atoms with E-state index in [0.717, 1.165) is 16.4 Å². The Morgan fingerprint density at radius 2 is 2.14 bits per heavy atom. The van der Waals surface area contributed by atoms with Crippen LogP contribution in [0.1, 0.15) is 26.9 Å². The highest BCUT2D eigenvalue weighted by Crippen LogP contribution is 2.20. The highest BCUT2D eigenvalue weighted by Gasteiger charge is 2.21. The molecule has 21 heavy (non-hydrogen) atoms. The van der Waals surface area contributed by atoms with Crippen LogP contribution in [0.3, 0.4) is 0 Å². The molecule has 1 fully saturated rings. The van der Waals surface area contributed by atoms with Crippen molar-refractivity contribution >= 4 is 17.1 Å². The minimum absolute atomic E-state index is 0.0391. The maximum atomic E-state index is 12.3. The van der Waals surface area contributed by atoms with E-state index in [1.807, 2.05) is 25.3 Å². The number of ether oxygens (including phenoxy) is 2. The lowest BCUT2D eigenvalue weighted by molar-refractivity contribution is -0.0797. The third-order valence-electron chi connectivity index (χ3n) is 3.10. The van der Waals surface area contributed by atoms with Crippen molar-refractivity contribution in [3.8, 4) is 5.75 Å². The van der Waals surface area contributed by atoms with E-state index >= 15 is 0 Å². The summed E-state index contributed by atoms with van der Waals surface area (Å²) in [5, 5.41) is 2.76. The Labute approximate surface area is 127 Å². The van der Waals surface area contributed by atoms with Crippen LogP contribution in [0.25, 0.3) is 0 Å². The lowest BCUT2D eigenvalue weighted by Gasteiger charge is -2.26. The normalized spacial score (nSPS) is 14.8. The van der Waals surface area contributed by atoms with Gasteiger partial charge in [0.1, 0.15) is 22.6 Å². The van der Waals surface area contributed by atoms with Gasteiger partial charge < -0.3 is 9.47 Å². The molecule has 0 aromatic carbocycles. The second kappa shape index (κ2) is 5.91. The number of ketones is 1. The van der Waals surface area contributed by atoms with Crippen molar-refractivity contribution in [1.82, 2.24) is 9.97 Å². The molecule has 0 spiro atoms. The number of thiazole rings is 1. The molecule has 1 saturated heterocycles. The first kappa shape index (κ1) is 14.2. The van der Waals surface area contributed by atoms with Crippen molar-refractivity contribution in [1.29, 1.82) is 0 Å². The summed E-state index contributed by atoms with van der Waals surface area (Å²) in [6.07, 6.45) is 0.359. The van der Waals surface area contributed by atoms with Gasteiger partial charge in [-0.2, -0.15) is 0 Å². The number of hydrogen-bond donors (Lipinski definition) is 0. The number of pyridine rings is 1. The minimum atomic E-state index is -0.0391. The highest BCUT2D eigenvalue weighted by atomic mass is 32.1. The Morgan fingerprint density at radius 3 is 2.76 bits per heavy atom. The van der Waals surface area contributed by atoms with Gasteiger partial charge in [-0.15, -0.1) is 11.3 Å². The van der Waals surface area contributed by atoms with Crippen LogP contribution in [0.15, 0.2) is 17.5 Å². The van der Waals surface area contributed by atoms with E-state index in [2.05, 4.69) is 9.97 Å². The third kappa shape index (κ3) is 3.46. The molecule has 0 saturated carbocycles. The van der Waals surface area contributed by atoms with Gasteiger partial charge in [0.05, 0.1) is 19.6 Å². The summed E-state index contributed by atoms with van der Waals surface area (Å²) in [6.45, 7) is 4.97. The Kier molecular flexibility index (Phi) is 3.98. The van der Waals surface area contributed by atoms with Gasteiger partial charge in [-0.25, -0.2) is 9.97 Å². The van der Waals surface area contributed by atoms with Crippen LogP contribution >= 0.6 is 11.3 Å². The van der Waals surface area contributed by atoms with E-state index in [1.165, 1.54) is 11.3 Å². The summed E-state index contributed by atoms with van der Waals surface area (Å²) in [5.74, 6) is 0.636. The fourth-order valence-corrected chi connectivity index (χ4v) is 2.80. The first-order valence-corrected chi connectivity index (χ1v) is 7.65. The van der Waals surface area contributed by atoms with Crippen molar-refractivity contribution in [2.24, 2.45) is 0 Å². The molecule has 0 unspecified atom stereocenters. The number of carbonyl (C=O) groups is 1.